The van der Waals surface area contributed by atoms with Crippen molar-refractivity contribution in [2.24, 2.45) is 0 Å². The van der Waals surface area contributed by atoms with Gasteiger partial charge in [0.2, 0.25) is 0 Å². The molecule has 0 aliphatic rings. The molecule has 12 aromatic rings. The summed E-state index contributed by atoms with van der Waals surface area (Å²) in [6, 6.07) is 54.9. The molecule has 5 aromatic carbocycles. The summed E-state index contributed by atoms with van der Waals surface area (Å²) in [5.74, 6) is 0. The summed E-state index contributed by atoms with van der Waals surface area (Å²) < 4.78 is 11.2. The van der Waals surface area contributed by atoms with E-state index in [1.54, 1.807) is 24.5 Å². The van der Waals surface area contributed by atoms with Gasteiger partial charge in [0.05, 0.1) is 11.2 Å². The number of hydrogen-bond donors (Lipinski definition) is 0. The summed E-state index contributed by atoms with van der Waals surface area (Å²) in [5.41, 5.74) is 15.3. The van der Waals surface area contributed by atoms with Crippen molar-refractivity contribution < 1.29 is 28.9 Å². The fraction of sp³-hybridized carbons (Fsp3) is 0.0656. The molecule has 9 nitrogen and oxygen atoms in total. The Morgan fingerprint density at radius 1 is 0.437 bits per heavy atom. The Labute approximate surface area is 421 Å². The van der Waals surface area contributed by atoms with Crippen LogP contribution in [0.25, 0.3) is 99.5 Å². The smallest absolute Gasteiger partial charge is 0.472 e. The van der Waals surface area contributed by atoms with E-state index in [1.165, 1.54) is 0 Å². The molecule has 0 unspecified atom stereocenters. The van der Waals surface area contributed by atoms with Gasteiger partial charge in [-0.05, 0) is 105 Å². The van der Waals surface area contributed by atoms with Gasteiger partial charge in [0.1, 0.15) is 0 Å². The van der Waals surface area contributed by atoms with Gasteiger partial charge < -0.3 is 33.8 Å². The van der Waals surface area contributed by atoms with Gasteiger partial charge in [-0.15, -0.1) is 35.9 Å². The van der Waals surface area contributed by atoms with E-state index in [0.29, 0.717) is 69.4 Å². The SMILES string of the molecule is O=c1oc2ccn[c-]c2c2ncc(CCc3cc(CCc4cnc5c(c4)c(=O)oc4ccn[c-]c45)cc(-c4ccccc4-c4cnc(-c5[c-]cccc5)cc4-c4ccc(-c5ccccc5)cc4)c3)cc12.[Ir+3]. The molecule has 0 N–H and O–H groups in total. The molecule has 12 rings (SSSR count). The Balaban J connectivity index is 0.00000547. The van der Waals surface area contributed by atoms with Crippen molar-refractivity contribution in [3.63, 3.8) is 0 Å². The molecule has 0 atom stereocenters. The summed E-state index contributed by atoms with van der Waals surface area (Å²) in [7, 11) is 0. The first-order valence-corrected chi connectivity index (χ1v) is 23.0. The predicted octanol–water partition coefficient (Wildman–Crippen LogP) is 12.5. The normalized spacial score (nSPS) is 11.3. The molecule has 0 aliphatic heterocycles. The zero-order valence-electron chi connectivity index (χ0n) is 37.9. The van der Waals surface area contributed by atoms with Crippen LogP contribution in [-0.4, -0.2) is 24.9 Å². The van der Waals surface area contributed by atoms with E-state index in [9.17, 15) is 9.59 Å². The van der Waals surface area contributed by atoms with Crippen LogP contribution in [-0.2, 0) is 45.8 Å². The van der Waals surface area contributed by atoms with Gasteiger partial charge in [-0.3, -0.25) is 0 Å². The molecular formula is C61H38IrN5O4. The maximum absolute atomic E-state index is 13.2. The van der Waals surface area contributed by atoms with Crippen LogP contribution in [0, 0.1) is 18.5 Å². The first-order chi connectivity index (χ1) is 34.5. The van der Waals surface area contributed by atoms with E-state index < -0.39 is 11.3 Å². The van der Waals surface area contributed by atoms with Crippen LogP contribution in [0.4, 0.5) is 0 Å². The minimum Gasteiger partial charge on any atom is -0.472 e. The molecule has 71 heavy (non-hydrogen) atoms. The Kier molecular flexibility index (Phi) is 12.3. The third kappa shape index (κ3) is 8.98. The largest absolute Gasteiger partial charge is 3.00 e. The average molecular weight is 1100 g/mol. The second-order valence-electron chi connectivity index (χ2n) is 17.3. The maximum atomic E-state index is 13.2. The van der Waals surface area contributed by atoms with E-state index in [2.05, 4.69) is 125 Å². The van der Waals surface area contributed by atoms with Crippen molar-refractivity contribution in [3.05, 3.63) is 244 Å². The first kappa shape index (κ1) is 44.9. The standard InChI is InChI=1S/C61H38N5O4.Ir/c67-60-50-30-40(33-65-58(50)53-35-62-25-23-56(53)69-60)17-15-38-27-39(16-18-41-31-51-59(66-34-41)54-36-63-26-24-57(54)70-61(51)68)29-46(28-38)47-13-7-8-14-48(47)52-37-64-55(45-11-5-2-6-12-45)32-49(52)44-21-19-43(20-22-44)42-9-3-1-4-10-42;/h1-11,13-14,19-34,37H,15-18H2;/q-3;+3. The van der Waals surface area contributed by atoms with Crippen LogP contribution < -0.4 is 11.3 Å². The zero-order chi connectivity index (χ0) is 47.0. The number of fused-ring (bicyclic) bond motifs is 6. The number of hydrogen-bond acceptors (Lipinski definition) is 9. The number of nitrogens with zero attached hydrogens (tertiary/aromatic N) is 5. The third-order valence-electron chi connectivity index (χ3n) is 12.8. The monoisotopic (exact) mass is 1100 g/mol. The number of benzene rings is 5. The molecule has 10 heteroatoms. The Hall–Kier alpha value is -8.56. The van der Waals surface area contributed by atoms with E-state index in [4.69, 9.17) is 23.8 Å². The molecule has 0 aliphatic carbocycles. The number of pyridine rings is 5. The fourth-order valence-electron chi connectivity index (χ4n) is 9.34. The van der Waals surface area contributed by atoms with Gasteiger partial charge in [0.15, 0.2) is 0 Å². The van der Waals surface area contributed by atoms with Crippen LogP contribution >= 0.6 is 0 Å². The number of aromatic nitrogens is 5. The molecule has 0 amide bonds. The molecule has 0 radical (unpaired) electrons. The Morgan fingerprint density at radius 3 is 1.59 bits per heavy atom. The Morgan fingerprint density at radius 2 is 0.986 bits per heavy atom. The van der Waals surface area contributed by atoms with Crippen molar-refractivity contribution >= 4 is 43.7 Å². The van der Waals surface area contributed by atoms with Crippen molar-refractivity contribution in [2.45, 2.75) is 25.7 Å². The van der Waals surface area contributed by atoms with Crippen LogP contribution in [0.5, 0.6) is 0 Å². The minimum absolute atomic E-state index is 0. The van der Waals surface area contributed by atoms with E-state index in [1.807, 2.05) is 61.1 Å². The van der Waals surface area contributed by atoms with Crippen molar-refractivity contribution in [2.75, 3.05) is 0 Å². The van der Waals surface area contributed by atoms with Crippen LogP contribution in [0.2, 0.25) is 0 Å². The van der Waals surface area contributed by atoms with E-state index >= 15 is 0 Å². The van der Waals surface area contributed by atoms with Crippen molar-refractivity contribution in [1.82, 2.24) is 24.9 Å². The van der Waals surface area contributed by atoms with Crippen LogP contribution in [0.1, 0.15) is 22.3 Å². The number of aryl methyl sites for hydroxylation is 4. The van der Waals surface area contributed by atoms with Crippen LogP contribution in [0.3, 0.4) is 0 Å². The molecule has 7 aromatic heterocycles. The second-order valence-corrected chi connectivity index (χ2v) is 17.3. The molecule has 0 saturated heterocycles. The minimum atomic E-state index is -0.447. The maximum Gasteiger partial charge on any atom is 3.00 e. The van der Waals surface area contributed by atoms with Gasteiger partial charge in [-0.25, -0.2) is 9.59 Å². The quantitative estimate of drug-likeness (QED) is 0.0919. The molecule has 0 bridgehead atoms. The molecule has 0 spiro atoms. The molecule has 0 fully saturated rings. The summed E-state index contributed by atoms with van der Waals surface area (Å²) >= 11 is 0. The van der Waals surface area contributed by atoms with Gasteiger partial charge in [-0.1, -0.05) is 151 Å². The fourth-order valence-corrected chi connectivity index (χ4v) is 9.34. The molecule has 340 valence electrons. The van der Waals surface area contributed by atoms with Gasteiger partial charge in [-0.2, -0.15) is 0 Å². The van der Waals surface area contributed by atoms with Gasteiger partial charge >= 0.3 is 31.4 Å². The average Bonchev–Trinajstić information content (AvgIpc) is 3.42. The topological polar surface area (TPSA) is 125 Å². The van der Waals surface area contributed by atoms with E-state index in [-0.39, 0.29) is 20.1 Å². The predicted molar refractivity (Wildman–Crippen MR) is 274 cm³/mol. The first-order valence-electron chi connectivity index (χ1n) is 23.0. The second kappa shape index (κ2) is 19.4. The Bertz CT molecular complexity index is 3910. The summed E-state index contributed by atoms with van der Waals surface area (Å²) in [5, 5.41) is 1.93. The molecular weight excluding hydrogens is 1060 g/mol. The summed E-state index contributed by atoms with van der Waals surface area (Å²) in [6.07, 6.45) is 17.2. The van der Waals surface area contributed by atoms with Gasteiger partial charge in [0.25, 0.3) is 0 Å². The third-order valence-corrected chi connectivity index (χ3v) is 12.8. The zero-order valence-corrected chi connectivity index (χ0v) is 40.2. The van der Waals surface area contributed by atoms with Crippen LogP contribution in [0.15, 0.2) is 201 Å². The van der Waals surface area contributed by atoms with E-state index in [0.717, 1.165) is 78.0 Å². The molecule has 0 saturated carbocycles. The van der Waals surface area contributed by atoms with Crippen molar-refractivity contribution in [3.8, 4) is 55.8 Å². The molecule has 7 heterocycles. The summed E-state index contributed by atoms with van der Waals surface area (Å²) in [6.45, 7) is 0. The number of rotatable bonds is 11. The van der Waals surface area contributed by atoms with Gasteiger partial charge in [0, 0.05) is 46.0 Å². The summed E-state index contributed by atoms with van der Waals surface area (Å²) in [4.78, 5) is 49.0. The van der Waals surface area contributed by atoms with Crippen molar-refractivity contribution in [1.29, 1.82) is 0 Å².